The van der Waals surface area contributed by atoms with Crippen LogP contribution in [0.1, 0.15) is 31.9 Å². The second kappa shape index (κ2) is 6.02. The molecule has 2 heterocycles. The minimum absolute atomic E-state index is 0.0000831. The molecule has 1 aliphatic rings. The third-order valence-corrected chi connectivity index (χ3v) is 5.10. The zero-order valence-corrected chi connectivity index (χ0v) is 14.8. The van der Waals surface area contributed by atoms with Gasteiger partial charge in [0, 0.05) is 22.8 Å². The van der Waals surface area contributed by atoms with Crippen LogP contribution >= 0.6 is 0 Å². The fourth-order valence-corrected chi connectivity index (χ4v) is 3.58. The number of aromatic nitrogens is 1. The Kier molecular flexibility index (Phi) is 3.80. The van der Waals surface area contributed by atoms with Crippen LogP contribution in [0.5, 0.6) is 0 Å². The molecule has 132 valence electrons. The van der Waals surface area contributed by atoms with Crippen molar-refractivity contribution in [1.29, 1.82) is 0 Å². The summed E-state index contributed by atoms with van der Waals surface area (Å²) in [4.78, 5) is 30.1. The van der Waals surface area contributed by atoms with Crippen molar-refractivity contribution in [3.8, 4) is 0 Å². The van der Waals surface area contributed by atoms with Gasteiger partial charge < -0.3 is 15.2 Å². The van der Waals surface area contributed by atoms with Crippen LogP contribution in [0, 0.1) is 0 Å². The fraction of sp³-hybridized carbons (Fsp3) is 0.238. The van der Waals surface area contributed by atoms with Gasteiger partial charge in [0.1, 0.15) is 5.54 Å². The highest BCUT2D eigenvalue weighted by Gasteiger charge is 2.49. The molecule has 1 aliphatic heterocycles. The molecule has 0 bridgehead atoms. The molecule has 1 unspecified atom stereocenters. The van der Waals surface area contributed by atoms with Crippen LogP contribution in [0.25, 0.3) is 10.9 Å². The molecular weight excluding hydrogens is 326 g/mol. The molecule has 0 radical (unpaired) electrons. The first-order valence-electron chi connectivity index (χ1n) is 8.72. The van der Waals surface area contributed by atoms with Crippen molar-refractivity contribution >= 4 is 28.4 Å². The molecular formula is C21H21N3O2. The number of anilines is 1. The molecule has 3 aromatic rings. The van der Waals surface area contributed by atoms with Crippen molar-refractivity contribution in [3.63, 3.8) is 0 Å². The number of hydrogen-bond acceptors (Lipinski definition) is 2. The van der Waals surface area contributed by atoms with Crippen molar-refractivity contribution in [2.75, 3.05) is 5.32 Å². The molecule has 1 aromatic heterocycles. The van der Waals surface area contributed by atoms with Crippen molar-refractivity contribution in [3.05, 3.63) is 66.4 Å². The van der Waals surface area contributed by atoms with E-state index in [-0.39, 0.29) is 17.9 Å². The van der Waals surface area contributed by atoms with Gasteiger partial charge in [-0.25, -0.2) is 0 Å². The zero-order chi connectivity index (χ0) is 18.3. The Balaban J connectivity index is 1.56. The van der Waals surface area contributed by atoms with Crippen LogP contribution in [-0.2, 0) is 9.59 Å². The first-order valence-corrected chi connectivity index (χ1v) is 8.72. The third-order valence-electron chi connectivity index (χ3n) is 5.10. The van der Waals surface area contributed by atoms with Gasteiger partial charge in [-0.15, -0.1) is 0 Å². The van der Waals surface area contributed by atoms with E-state index in [2.05, 4.69) is 10.3 Å². The highest BCUT2D eigenvalue weighted by Crippen LogP contribution is 2.40. The number of carbonyl (C=O) groups is 2. The number of nitrogens with one attached hydrogen (secondary N) is 2. The zero-order valence-electron chi connectivity index (χ0n) is 14.8. The smallest absolute Gasteiger partial charge is 0.249 e. The Morgan fingerprint density at radius 3 is 2.65 bits per heavy atom. The number of H-pyrrole nitrogens is 1. The number of likely N-dealkylation sites (tertiary alicyclic amines) is 1. The SMILES string of the molecule is CC(C)(C(=O)Nc1ccc2[nH]ccc2c1)N1C(=O)CC1c1ccccc1. The van der Waals surface area contributed by atoms with Crippen LogP contribution in [0.2, 0.25) is 0 Å². The monoisotopic (exact) mass is 347 g/mol. The summed E-state index contributed by atoms with van der Waals surface area (Å²) in [6.07, 6.45) is 2.30. The number of fused-ring (bicyclic) bond motifs is 1. The van der Waals surface area contributed by atoms with E-state index >= 15 is 0 Å². The van der Waals surface area contributed by atoms with Crippen molar-refractivity contribution in [2.24, 2.45) is 0 Å². The summed E-state index contributed by atoms with van der Waals surface area (Å²) in [6, 6.07) is 17.5. The van der Waals surface area contributed by atoms with E-state index in [0.29, 0.717) is 6.42 Å². The molecule has 5 nitrogen and oxygen atoms in total. The number of nitrogens with zero attached hydrogens (tertiary/aromatic N) is 1. The van der Waals surface area contributed by atoms with Crippen molar-refractivity contribution in [2.45, 2.75) is 31.8 Å². The molecule has 1 fully saturated rings. The molecule has 0 aliphatic carbocycles. The molecule has 0 saturated carbocycles. The molecule has 5 heteroatoms. The normalized spacial score (nSPS) is 17.2. The van der Waals surface area contributed by atoms with E-state index in [0.717, 1.165) is 22.2 Å². The van der Waals surface area contributed by atoms with Gasteiger partial charge in [0.2, 0.25) is 11.8 Å². The standard InChI is InChI=1S/C21H21N3O2/c1-21(2,24-18(13-19(24)25)14-6-4-3-5-7-14)20(26)23-16-8-9-17-15(12-16)10-11-22-17/h3-12,18,22H,13H2,1-2H3,(H,23,26). The molecule has 0 spiro atoms. The second-order valence-electron chi connectivity index (χ2n) is 7.19. The van der Waals surface area contributed by atoms with Crippen LogP contribution in [0.3, 0.4) is 0 Å². The maximum atomic E-state index is 13.0. The Labute approximate surface area is 152 Å². The molecule has 1 saturated heterocycles. The molecule has 26 heavy (non-hydrogen) atoms. The van der Waals surface area contributed by atoms with Gasteiger partial charge in [-0.1, -0.05) is 30.3 Å². The Morgan fingerprint density at radius 1 is 1.15 bits per heavy atom. The van der Waals surface area contributed by atoms with Gasteiger partial charge in [-0.05, 0) is 43.7 Å². The Hall–Kier alpha value is -3.08. The molecule has 1 atom stereocenters. The predicted octanol–water partition coefficient (Wildman–Crippen LogP) is 3.86. The average Bonchev–Trinajstić information content (AvgIpc) is 3.07. The van der Waals surface area contributed by atoms with Crippen molar-refractivity contribution in [1.82, 2.24) is 9.88 Å². The summed E-state index contributed by atoms with van der Waals surface area (Å²) in [5.74, 6) is -0.193. The Morgan fingerprint density at radius 2 is 1.92 bits per heavy atom. The number of carbonyl (C=O) groups excluding carboxylic acids is 2. The molecule has 2 N–H and O–H groups in total. The number of aromatic amines is 1. The highest BCUT2D eigenvalue weighted by molar-refractivity contribution is 6.02. The molecule has 2 aromatic carbocycles. The molecule has 2 amide bonds. The summed E-state index contributed by atoms with van der Waals surface area (Å²) >= 11 is 0. The maximum Gasteiger partial charge on any atom is 0.249 e. The first kappa shape index (κ1) is 16.4. The first-order chi connectivity index (χ1) is 12.5. The summed E-state index contributed by atoms with van der Waals surface area (Å²) in [5, 5.41) is 3.99. The van der Waals surface area contributed by atoms with Gasteiger partial charge in [-0.3, -0.25) is 9.59 Å². The van der Waals surface area contributed by atoms with Crippen LogP contribution in [0.15, 0.2) is 60.8 Å². The number of benzene rings is 2. The van der Waals surface area contributed by atoms with E-state index in [9.17, 15) is 9.59 Å². The average molecular weight is 347 g/mol. The van der Waals surface area contributed by atoms with Gasteiger partial charge in [-0.2, -0.15) is 0 Å². The largest absolute Gasteiger partial charge is 0.361 e. The summed E-state index contributed by atoms with van der Waals surface area (Å²) < 4.78 is 0. The lowest BCUT2D eigenvalue weighted by atomic mass is 9.86. The van der Waals surface area contributed by atoms with E-state index in [1.807, 2.05) is 60.8 Å². The Bertz CT molecular complexity index is 975. The topological polar surface area (TPSA) is 65.2 Å². The maximum absolute atomic E-state index is 13.0. The number of β-lactam (4-membered cyclic amide) rings is 1. The van der Waals surface area contributed by atoms with E-state index in [1.165, 1.54) is 0 Å². The van der Waals surface area contributed by atoms with E-state index < -0.39 is 5.54 Å². The van der Waals surface area contributed by atoms with Gasteiger partial charge in [0.05, 0.1) is 12.5 Å². The minimum Gasteiger partial charge on any atom is -0.361 e. The second-order valence-corrected chi connectivity index (χ2v) is 7.19. The van der Waals surface area contributed by atoms with Gasteiger partial charge >= 0.3 is 0 Å². The van der Waals surface area contributed by atoms with Gasteiger partial charge in [0.25, 0.3) is 0 Å². The third kappa shape index (κ3) is 2.65. The lowest BCUT2D eigenvalue weighted by Crippen LogP contribution is -2.62. The summed E-state index contributed by atoms with van der Waals surface area (Å²) in [7, 11) is 0. The van der Waals surface area contributed by atoms with Crippen LogP contribution in [0.4, 0.5) is 5.69 Å². The van der Waals surface area contributed by atoms with Crippen LogP contribution in [-0.4, -0.2) is 27.2 Å². The minimum atomic E-state index is -0.942. The molecule has 4 rings (SSSR count). The summed E-state index contributed by atoms with van der Waals surface area (Å²) in [6.45, 7) is 3.59. The van der Waals surface area contributed by atoms with Crippen LogP contribution < -0.4 is 5.32 Å². The lowest BCUT2D eigenvalue weighted by Gasteiger charge is -2.49. The quantitative estimate of drug-likeness (QED) is 0.704. The van der Waals surface area contributed by atoms with Gasteiger partial charge in [0.15, 0.2) is 0 Å². The fourth-order valence-electron chi connectivity index (χ4n) is 3.58. The predicted molar refractivity (Wildman–Crippen MR) is 102 cm³/mol. The number of rotatable bonds is 4. The van der Waals surface area contributed by atoms with E-state index in [4.69, 9.17) is 0 Å². The lowest BCUT2D eigenvalue weighted by molar-refractivity contribution is -0.160. The van der Waals surface area contributed by atoms with E-state index in [1.54, 1.807) is 18.7 Å². The highest BCUT2D eigenvalue weighted by atomic mass is 16.2. The number of hydrogen-bond donors (Lipinski definition) is 2. The number of amides is 2. The summed E-state index contributed by atoms with van der Waals surface area (Å²) in [5.41, 5.74) is 1.86. The van der Waals surface area contributed by atoms with Crippen molar-refractivity contribution < 1.29 is 9.59 Å².